The van der Waals surface area contributed by atoms with E-state index in [4.69, 9.17) is 4.98 Å². The summed E-state index contributed by atoms with van der Waals surface area (Å²) in [6.45, 7) is 2.92. The molecule has 0 spiro atoms. The Hall–Kier alpha value is -3.06. The summed E-state index contributed by atoms with van der Waals surface area (Å²) >= 11 is 1.64. The number of rotatable bonds is 8. The number of fused-ring (bicyclic) bond motifs is 1. The van der Waals surface area contributed by atoms with E-state index in [1.54, 1.807) is 18.8 Å². The lowest BCUT2D eigenvalue weighted by Gasteiger charge is -2.11. The number of thioether (sulfide) groups is 1. The number of benzene rings is 2. The molecule has 6 nitrogen and oxygen atoms in total. The van der Waals surface area contributed by atoms with Crippen LogP contribution in [0.2, 0.25) is 0 Å². The van der Waals surface area contributed by atoms with Crippen molar-refractivity contribution in [3.05, 3.63) is 92.6 Å². The average molecular weight is 435 g/mol. The second kappa shape index (κ2) is 9.39. The third kappa shape index (κ3) is 4.37. The summed E-state index contributed by atoms with van der Waals surface area (Å²) in [4.78, 5) is 31.3. The molecular formula is C24H26N4O2S. The second-order valence-corrected chi connectivity index (χ2v) is 8.62. The van der Waals surface area contributed by atoms with Crippen molar-refractivity contribution >= 4 is 22.9 Å². The van der Waals surface area contributed by atoms with Crippen molar-refractivity contribution < 1.29 is 0 Å². The van der Waals surface area contributed by atoms with E-state index in [-0.39, 0.29) is 17.8 Å². The van der Waals surface area contributed by atoms with Crippen molar-refractivity contribution in [3.63, 3.8) is 0 Å². The third-order valence-electron chi connectivity index (χ3n) is 5.29. The van der Waals surface area contributed by atoms with Gasteiger partial charge < -0.3 is 4.57 Å². The number of nitrogens with zero attached hydrogens (tertiary/aromatic N) is 4. The number of unbranched alkanes of at least 4 members (excludes halogenated alkanes) is 1. The summed E-state index contributed by atoms with van der Waals surface area (Å²) in [6.07, 6.45) is 2.16. The number of aryl methyl sites for hydroxylation is 1. The van der Waals surface area contributed by atoms with Crippen LogP contribution in [0.1, 0.15) is 30.9 Å². The first-order chi connectivity index (χ1) is 15.1. The first-order valence-electron chi connectivity index (χ1n) is 10.5. The fourth-order valence-corrected chi connectivity index (χ4v) is 4.67. The van der Waals surface area contributed by atoms with E-state index in [2.05, 4.69) is 6.92 Å². The number of hydrogen-bond donors (Lipinski definition) is 0. The highest BCUT2D eigenvalue weighted by Gasteiger charge is 2.21. The molecule has 160 valence electrons. The first-order valence-corrected chi connectivity index (χ1v) is 11.5. The maximum Gasteiger partial charge on any atom is 0.332 e. The van der Waals surface area contributed by atoms with Crippen LogP contribution in [0.4, 0.5) is 0 Å². The van der Waals surface area contributed by atoms with Crippen LogP contribution in [-0.4, -0.2) is 24.4 Å². The Balaban J connectivity index is 1.89. The lowest BCUT2D eigenvalue weighted by atomic mass is 10.2. The monoisotopic (exact) mass is 434 g/mol. The highest BCUT2D eigenvalue weighted by molar-refractivity contribution is 7.99. The average Bonchev–Trinajstić information content (AvgIpc) is 3.15. The molecule has 0 fully saturated rings. The summed E-state index contributed by atoms with van der Waals surface area (Å²) in [5.74, 6) is 0.917. The molecule has 4 rings (SSSR count). The minimum absolute atomic E-state index is 0.233. The van der Waals surface area contributed by atoms with Crippen LogP contribution in [-0.2, 0) is 20.1 Å². The molecule has 0 aliphatic rings. The van der Waals surface area contributed by atoms with Crippen LogP contribution in [0.25, 0.3) is 11.2 Å². The summed E-state index contributed by atoms with van der Waals surface area (Å²) in [6, 6.07) is 19.6. The van der Waals surface area contributed by atoms with Crippen molar-refractivity contribution in [2.24, 2.45) is 7.05 Å². The molecule has 0 atom stereocenters. The lowest BCUT2D eigenvalue weighted by Crippen LogP contribution is -2.40. The van der Waals surface area contributed by atoms with E-state index < -0.39 is 0 Å². The summed E-state index contributed by atoms with van der Waals surface area (Å²) < 4.78 is 4.76. The van der Waals surface area contributed by atoms with Gasteiger partial charge in [-0.25, -0.2) is 9.78 Å². The van der Waals surface area contributed by atoms with Gasteiger partial charge in [0.05, 0.1) is 13.1 Å². The Morgan fingerprint density at radius 2 is 1.45 bits per heavy atom. The Morgan fingerprint density at radius 1 is 0.871 bits per heavy atom. The summed E-state index contributed by atoms with van der Waals surface area (Å²) in [7, 11) is 1.69. The Morgan fingerprint density at radius 3 is 2.03 bits per heavy atom. The van der Waals surface area contributed by atoms with Crippen molar-refractivity contribution in [2.75, 3.05) is 5.75 Å². The van der Waals surface area contributed by atoms with Gasteiger partial charge in [-0.3, -0.25) is 13.9 Å². The minimum Gasteiger partial charge on any atom is -0.309 e. The van der Waals surface area contributed by atoms with Crippen LogP contribution in [0, 0.1) is 0 Å². The second-order valence-electron chi connectivity index (χ2n) is 7.56. The normalized spacial score (nSPS) is 11.3. The molecule has 0 saturated carbocycles. The van der Waals surface area contributed by atoms with Gasteiger partial charge in [0.25, 0.3) is 5.56 Å². The maximum absolute atomic E-state index is 13.5. The fraction of sp³-hybridized carbons (Fsp3) is 0.292. The van der Waals surface area contributed by atoms with E-state index in [9.17, 15) is 9.59 Å². The molecule has 31 heavy (non-hydrogen) atoms. The largest absolute Gasteiger partial charge is 0.332 e. The minimum atomic E-state index is -0.351. The van der Waals surface area contributed by atoms with E-state index in [1.807, 2.05) is 65.2 Å². The topological polar surface area (TPSA) is 61.8 Å². The van der Waals surface area contributed by atoms with Gasteiger partial charge in [-0.2, -0.15) is 0 Å². The molecule has 2 heterocycles. The highest BCUT2D eigenvalue weighted by Crippen LogP contribution is 2.24. The zero-order valence-electron chi connectivity index (χ0n) is 17.8. The Kier molecular flexibility index (Phi) is 6.42. The van der Waals surface area contributed by atoms with Crippen LogP contribution < -0.4 is 11.2 Å². The summed E-state index contributed by atoms with van der Waals surface area (Å²) in [5, 5.41) is 0.775. The van der Waals surface area contributed by atoms with E-state index in [0.717, 1.165) is 34.9 Å². The Bertz CT molecular complexity index is 1290. The number of imidazole rings is 1. The molecule has 0 bridgehead atoms. The van der Waals surface area contributed by atoms with Gasteiger partial charge in [-0.15, -0.1) is 0 Å². The molecule has 7 heteroatoms. The molecule has 0 N–H and O–H groups in total. The predicted octanol–water partition coefficient (Wildman–Crippen LogP) is 3.89. The molecule has 0 aliphatic heterocycles. The van der Waals surface area contributed by atoms with E-state index in [1.165, 1.54) is 9.13 Å². The standard InChI is InChI=1S/C24H26N4O2S/c1-3-4-15-31-23-25-21-20(27(23)16-18-11-7-5-8-12-18)22(29)28(24(30)26(21)2)17-19-13-9-6-10-14-19/h5-14H,3-4,15-17H2,1-2H3. The lowest BCUT2D eigenvalue weighted by molar-refractivity contribution is 0.651. The van der Waals surface area contributed by atoms with E-state index in [0.29, 0.717) is 17.7 Å². The smallest absolute Gasteiger partial charge is 0.309 e. The quantitative estimate of drug-likeness (QED) is 0.312. The van der Waals surface area contributed by atoms with Gasteiger partial charge in [-0.1, -0.05) is 85.8 Å². The van der Waals surface area contributed by atoms with Crippen molar-refractivity contribution in [2.45, 2.75) is 38.0 Å². The molecule has 0 unspecified atom stereocenters. The third-order valence-corrected chi connectivity index (χ3v) is 6.36. The summed E-state index contributed by atoms with van der Waals surface area (Å²) in [5.41, 5.74) is 2.26. The molecule has 2 aromatic carbocycles. The van der Waals surface area contributed by atoms with Crippen molar-refractivity contribution in [3.8, 4) is 0 Å². The molecule has 0 saturated heterocycles. The molecule has 4 aromatic rings. The predicted molar refractivity (Wildman–Crippen MR) is 126 cm³/mol. The van der Waals surface area contributed by atoms with Gasteiger partial charge >= 0.3 is 5.69 Å². The maximum atomic E-state index is 13.5. The molecular weight excluding hydrogens is 408 g/mol. The van der Waals surface area contributed by atoms with Gasteiger partial charge in [-0.05, 0) is 17.5 Å². The van der Waals surface area contributed by atoms with Gasteiger partial charge in [0.15, 0.2) is 16.3 Å². The van der Waals surface area contributed by atoms with Gasteiger partial charge in [0, 0.05) is 12.8 Å². The number of hydrogen-bond acceptors (Lipinski definition) is 4. The molecule has 2 aromatic heterocycles. The fourth-order valence-electron chi connectivity index (χ4n) is 3.59. The zero-order chi connectivity index (χ0) is 21.8. The highest BCUT2D eigenvalue weighted by atomic mass is 32.2. The van der Waals surface area contributed by atoms with E-state index >= 15 is 0 Å². The first kappa shape index (κ1) is 21.2. The van der Waals surface area contributed by atoms with Gasteiger partial charge in [0.1, 0.15) is 0 Å². The zero-order valence-corrected chi connectivity index (χ0v) is 18.6. The van der Waals surface area contributed by atoms with Crippen LogP contribution >= 0.6 is 11.8 Å². The Labute approximate surface area is 185 Å². The van der Waals surface area contributed by atoms with Crippen LogP contribution in [0.15, 0.2) is 75.4 Å². The molecule has 0 aliphatic carbocycles. The van der Waals surface area contributed by atoms with Crippen molar-refractivity contribution in [1.82, 2.24) is 18.7 Å². The molecule has 0 radical (unpaired) electrons. The SMILES string of the molecule is CCCCSc1nc2c(c(=O)n(Cc3ccccc3)c(=O)n2C)n1Cc1ccccc1. The van der Waals surface area contributed by atoms with Crippen molar-refractivity contribution in [1.29, 1.82) is 0 Å². The van der Waals surface area contributed by atoms with Gasteiger partial charge in [0.2, 0.25) is 0 Å². The number of aromatic nitrogens is 4. The van der Waals surface area contributed by atoms with Crippen LogP contribution in [0.5, 0.6) is 0 Å². The van der Waals surface area contributed by atoms with Crippen LogP contribution in [0.3, 0.4) is 0 Å². The molecule has 0 amide bonds.